The van der Waals surface area contributed by atoms with Crippen molar-refractivity contribution in [3.63, 3.8) is 0 Å². The quantitative estimate of drug-likeness (QED) is 0.348. The molecule has 5 rings (SSSR count). The van der Waals surface area contributed by atoms with Crippen molar-refractivity contribution in [1.82, 2.24) is 10.2 Å². The molecule has 0 aromatic heterocycles. The van der Waals surface area contributed by atoms with E-state index in [2.05, 4.69) is 5.32 Å². The molecule has 9 heteroatoms. The topological polar surface area (TPSA) is 67.9 Å². The summed E-state index contributed by atoms with van der Waals surface area (Å²) in [6.07, 6.45) is -2.63. The lowest BCUT2D eigenvalue weighted by Crippen LogP contribution is -2.50. The fourth-order valence-corrected chi connectivity index (χ4v) is 5.46. The highest BCUT2D eigenvalue weighted by atomic mass is 19.4. The number of halogens is 3. The zero-order chi connectivity index (χ0) is 28.3. The molecule has 0 unspecified atom stereocenters. The van der Waals surface area contributed by atoms with Crippen LogP contribution in [0.3, 0.4) is 0 Å². The van der Waals surface area contributed by atoms with Crippen LogP contribution in [0, 0.1) is 0 Å². The zero-order valence-electron chi connectivity index (χ0n) is 21.9. The molecule has 2 bridgehead atoms. The Morgan fingerprint density at radius 1 is 0.950 bits per heavy atom. The molecule has 0 aliphatic carbocycles. The minimum atomic E-state index is -4.42. The molecule has 208 valence electrons. The first-order chi connectivity index (χ1) is 19.2. The van der Waals surface area contributed by atoms with Crippen molar-refractivity contribution < 1.29 is 32.2 Å². The molecule has 2 heterocycles. The number of alkyl halides is 3. The van der Waals surface area contributed by atoms with Crippen LogP contribution >= 0.6 is 0 Å². The van der Waals surface area contributed by atoms with Gasteiger partial charge < -0.3 is 19.7 Å². The molecule has 2 aliphatic heterocycles. The van der Waals surface area contributed by atoms with Crippen LogP contribution in [-0.4, -0.2) is 36.1 Å². The maximum Gasteiger partial charge on any atom is 0.416 e. The van der Waals surface area contributed by atoms with E-state index in [9.17, 15) is 22.8 Å². The van der Waals surface area contributed by atoms with Gasteiger partial charge >= 0.3 is 18.2 Å². The smallest absolute Gasteiger partial charge is 0.416 e. The molecular formula is C31H29F3N2O4. The standard InChI is InChI=1S/C31H29F3N2O4/c1-39-29(37)28-26(22-8-5-9-25(16-22)40-19-21-6-3-2-4-7-21)17-24-14-15-27(28)36(24)30(38)35-18-20-10-12-23(13-11-20)31(32,33)34/h2-13,16,24,27H,14-15,17-19H2,1H3,(H,35,38)/t24-,27+/m0/s1. The molecule has 2 atom stereocenters. The highest BCUT2D eigenvalue weighted by Gasteiger charge is 2.46. The van der Waals surface area contributed by atoms with Gasteiger partial charge in [0.05, 0.1) is 24.3 Å². The third-order valence-corrected chi connectivity index (χ3v) is 7.40. The third kappa shape index (κ3) is 5.83. The molecule has 1 fully saturated rings. The summed E-state index contributed by atoms with van der Waals surface area (Å²) in [6.45, 7) is 0.475. The van der Waals surface area contributed by atoms with E-state index in [0.29, 0.717) is 42.8 Å². The lowest BCUT2D eigenvalue weighted by atomic mass is 9.88. The lowest BCUT2D eigenvalue weighted by molar-refractivity contribution is -0.138. The maximum absolute atomic E-state index is 13.3. The van der Waals surface area contributed by atoms with Crippen molar-refractivity contribution in [3.8, 4) is 5.75 Å². The molecule has 1 N–H and O–H groups in total. The Kier molecular flexibility index (Phi) is 7.82. The van der Waals surface area contributed by atoms with Crippen molar-refractivity contribution in [1.29, 1.82) is 0 Å². The number of benzene rings is 3. The number of nitrogens with one attached hydrogen (secondary N) is 1. The minimum absolute atomic E-state index is 0.0673. The summed E-state index contributed by atoms with van der Waals surface area (Å²) < 4.78 is 49.7. The molecule has 1 saturated heterocycles. The van der Waals surface area contributed by atoms with Gasteiger partial charge in [-0.2, -0.15) is 13.2 Å². The summed E-state index contributed by atoms with van der Waals surface area (Å²) in [6, 6.07) is 21.1. The first kappa shape index (κ1) is 27.3. The first-order valence-corrected chi connectivity index (χ1v) is 13.1. The number of ether oxygens (including phenoxy) is 2. The molecule has 0 radical (unpaired) electrons. The van der Waals surface area contributed by atoms with E-state index >= 15 is 0 Å². The van der Waals surface area contributed by atoms with E-state index in [4.69, 9.17) is 9.47 Å². The fourth-order valence-electron chi connectivity index (χ4n) is 5.46. The number of nitrogens with zero attached hydrogens (tertiary/aromatic N) is 1. The van der Waals surface area contributed by atoms with Gasteiger partial charge in [-0.25, -0.2) is 9.59 Å². The van der Waals surface area contributed by atoms with Gasteiger partial charge in [-0.1, -0.05) is 54.6 Å². The van der Waals surface area contributed by atoms with E-state index < -0.39 is 23.8 Å². The number of carbonyl (C=O) groups excluding carboxylic acids is 2. The van der Waals surface area contributed by atoms with Crippen LogP contribution in [-0.2, 0) is 28.9 Å². The van der Waals surface area contributed by atoms with Gasteiger partial charge in [0.1, 0.15) is 12.4 Å². The van der Waals surface area contributed by atoms with Gasteiger partial charge in [0.2, 0.25) is 0 Å². The lowest BCUT2D eigenvalue weighted by Gasteiger charge is -2.37. The van der Waals surface area contributed by atoms with Crippen LogP contribution < -0.4 is 10.1 Å². The second kappa shape index (κ2) is 11.5. The maximum atomic E-state index is 13.3. The van der Waals surface area contributed by atoms with E-state index in [1.807, 2.05) is 54.6 Å². The molecule has 40 heavy (non-hydrogen) atoms. The van der Waals surface area contributed by atoms with Gasteiger partial charge in [-0.05, 0) is 65.8 Å². The molecular weight excluding hydrogens is 521 g/mol. The van der Waals surface area contributed by atoms with Crippen LogP contribution in [0.15, 0.2) is 84.4 Å². The Morgan fingerprint density at radius 2 is 1.70 bits per heavy atom. The Bertz CT molecular complexity index is 1400. The van der Waals surface area contributed by atoms with E-state index in [1.165, 1.54) is 19.2 Å². The SMILES string of the molecule is COC(=O)C1=C(c2cccc(OCc3ccccc3)c2)C[C@@H]2CC[C@H]1N2C(=O)NCc1ccc(C(F)(F)F)cc1. The number of hydrogen-bond acceptors (Lipinski definition) is 4. The average molecular weight is 551 g/mol. The fraction of sp³-hybridized carbons (Fsp3) is 0.290. The molecule has 3 aromatic rings. The Morgan fingerprint density at radius 3 is 2.40 bits per heavy atom. The highest BCUT2D eigenvalue weighted by Crippen LogP contribution is 2.44. The van der Waals surface area contributed by atoms with Gasteiger partial charge in [-0.3, -0.25) is 0 Å². The van der Waals surface area contributed by atoms with Gasteiger partial charge in [0.15, 0.2) is 0 Å². The highest BCUT2D eigenvalue weighted by molar-refractivity contribution is 6.01. The van der Waals surface area contributed by atoms with Crippen molar-refractivity contribution >= 4 is 17.6 Å². The summed E-state index contributed by atoms with van der Waals surface area (Å²) in [5, 5.41) is 2.81. The molecule has 3 aromatic carbocycles. The van der Waals surface area contributed by atoms with Crippen LogP contribution in [0.5, 0.6) is 5.75 Å². The zero-order valence-corrected chi connectivity index (χ0v) is 21.9. The number of fused-ring (bicyclic) bond motifs is 2. The molecule has 0 saturated carbocycles. The van der Waals surface area contributed by atoms with Crippen LogP contribution in [0.2, 0.25) is 0 Å². The second-order valence-electron chi connectivity index (χ2n) is 9.90. The summed E-state index contributed by atoms with van der Waals surface area (Å²) in [5.74, 6) is 0.179. The Balaban J connectivity index is 1.34. The van der Waals surface area contributed by atoms with Crippen molar-refractivity contribution in [2.45, 2.75) is 50.7 Å². The summed E-state index contributed by atoms with van der Waals surface area (Å²) in [4.78, 5) is 28.0. The summed E-state index contributed by atoms with van der Waals surface area (Å²) in [5.41, 5.74) is 2.95. The molecule has 2 amide bonds. The number of rotatable bonds is 7. The first-order valence-electron chi connectivity index (χ1n) is 13.1. The van der Waals surface area contributed by atoms with E-state index in [1.54, 1.807) is 4.90 Å². The number of carbonyl (C=O) groups is 2. The minimum Gasteiger partial charge on any atom is -0.489 e. The summed E-state index contributed by atoms with van der Waals surface area (Å²) in [7, 11) is 1.32. The monoisotopic (exact) mass is 550 g/mol. The largest absolute Gasteiger partial charge is 0.489 e. The number of methoxy groups -OCH3 is 1. The number of urea groups is 1. The van der Waals surface area contributed by atoms with Crippen LogP contribution in [0.1, 0.15) is 41.5 Å². The van der Waals surface area contributed by atoms with Crippen molar-refractivity contribution in [3.05, 3.63) is 107 Å². The van der Waals surface area contributed by atoms with E-state index in [-0.39, 0.29) is 18.6 Å². The van der Waals surface area contributed by atoms with Crippen LogP contribution in [0.4, 0.5) is 18.0 Å². The second-order valence-corrected chi connectivity index (χ2v) is 9.90. The normalized spacial score (nSPS) is 18.4. The summed E-state index contributed by atoms with van der Waals surface area (Å²) >= 11 is 0. The molecule has 0 spiro atoms. The van der Waals surface area contributed by atoms with Gasteiger partial charge in [-0.15, -0.1) is 0 Å². The number of amides is 2. The molecule has 6 nitrogen and oxygen atoms in total. The predicted octanol–water partition coefficient (Wildman–Crippen LogP) is 6.36. The van der Waals surface area contributed by atoms with Crippen LogP contribution in [0.25, 0.3) is 5.57 Å². The Labute approximate surface area is 230 Å². The third-order valence-electron chi connectivity index (χ3n) is 7.40. The predicted molar refractivity (Wildman–Crippen MR) is 143 cm³/mol. The van der Waals surface area contributed by atoms with Crippen molar-refractivity contribution in [2.24, 2.45) is 0 Å². The van der Waals surface area contributed by atoms with Crippen molar-refractivity contribution in [2.75, 3.05) is 7.11 Å². The molecule has 2 aliphatic rings. The van der Waals surface area contributed by atoms with E-state index in [0.717, 1.165) is 28.8 Å². The van der Waals surface area contributed by atoms with Gasteiger partial charge in [0.25, 0.3) is 0 Å². The van der Waals surface area contributed by atoms with Gasteiger partial charge in [0, 0.05) is 12.6 Å². The Hall–Kier alpha value is -4.27. The number of hydrogen-bond donors (Lipinski definition) is 1. The number of esters is 1. The average Bonchev–Trinajstić information content (AvgIpc) is 3.28.